The van der Waals surface area contributed by atoms with Gasteiger partial charge >= 0.3 is 5.97 Å². The van der Waals surface area contributed by atoms with Gasteiger partial charge in [-0.2, -0.15) is 0 Å². The van der Waals surface area contributed by atoms with Gasteiger partial charge in [0.2, 0.25) is 0 Å². The predicted molar refractivity (Wildman–Crippen MR) is 64.3 cm³/mol. The molecule has 1 aromatic carbocycles. The van der Waals surface area contributed by atoms with E-state index in [1.807, 2.05) is 0 Å². The van der Waals surface area contributed by atoms with Crippen LogP contribution in [0, 0.1) is 0 Å². The third-order valence-corrected chi connectivity index (χ3v) is 2.80. The second kappa shape index (κ2) is 4.57. The summed E-state index contributed by atoms with van der Waals surface area (Å²) in [5.74, 6) is -0.00322. The van der Waals surface area contributed by atoms with Crippen molar-refractivity contribution in [2.75, 3.05) is 0 Å². The average molecular weight is 233 g/mol. The van der Waals surface area contributed by atoms with Gasteiger partial charge in [-0.15, -0.1) is 0 Å². The Morgan fingerprint density at radius 3 is 2.94 bits per heavy atom. The fourth-order valence-corrected chi connectivity index (χ4v) is 1.84. The van der Waals surface area contributed by atoms with Gasteiger partial charge in [-0.1, -0.05) is 20.3 Å². The standard InChI is InChI=1S/C13H15NO3/c1-3-4-8(2)12-14-10-6-5-9(13(15)16)7-11(10)17-12/h5-8H,3-4H2,1-2H3,(H,15,16). The summed E-state index contributed by atoms with van der Waals surface area (Å²) >= 11 is 0. The summed E-state index contributed by atoms with van der Waals surface area (Å²) in [7, 11) is 0. The van der Waals surface area contributed by atoms with Crippen LogP contribution in [0.25, 0.3) is 11.1 Å². The van der Waals surface area contributed by atoms with E-state index in [2.05, 4.69) is 18.8 Å². The first-order chi connectivity index (χ1) is 8.11. The van der Waals surface area contributed by atoms with Crippen molar-refractivity contribution < 1.29 is 14.3 Å². The molecule has 1 aromatic heterocycles. The van der Waals surface area contributed by atoms with Crippen LogP contribution >= 0.6 is 0 Å². The van der Waals surface area contributed by atoms with Crippen molar-refractivity contribution in [3.8, 4) is 0 Å². The first kappa shape index (κ1) is 11.6. The maximum atomic E-state index is 10.8. The number of benzene rings is 1. The largest absolute Gasteiger partial charge is 0.478 e. The van der Waals surface area contributed by atoms with E-state index in [1.54, 1.807) is 12.1 Å². The van der Waals surface area contributed by atoms with Crippen LogP contribution in [0.3, 0.4) is 0 Å². The van der Waals surface area contributed by atoms with Crippen LogP contribution in [-0.4, -0.2) is 16.1 Å². The molecule has 0 aliphatic heterocycles. The molecule has 1 N–H and O–H groups in total. The van der Waals surface area contributed by atoms with Gasteiger partial charge in [-0.25, -0.2) is 9.78 Å². The predicted octanol–water partition coefficient (Wildman–Crippen LogP) is 3.43. The minimum atomic E-state index is -0.952. The molecular weight excluding hydrogens is 218 g/mol. The molecule has 1 unspecified atom stereocenters. The van der Waals surface area contributed by atoms with Gasteiger partial charge in [0.1, 0.15) is 5.52 Å². The summed E-state index contributed by atoms with van der Waals surface area (Å²) in [4.78, 5) is 15.2. The first-order valence-corrected chi connectivity index (χ1v) is 5.75. The summed E-state index contributed by atoms with van der Waals surface area (Å²) < 4.78 is 5.60. The molecule has 17 heavy (non-hydrogen) atoms. The maximum Gasteiger partial charge on any atom is 0.335 e. The molecule has 0 radical (unpaired) electrons. The molecule has 1 atom stereocenters. The number of carboxylic acids is 1. The summed E-state index contributed by atoms with van der Waals surface area (Å²) in [6.45, 7) is 4.17. The summed E-state index contributed by atoms with van der Waals surface area (Å²) in [6.07, 6.45) is 2.08. The van der Waals surface area contributed by atoms with Gasteiger partial charge in [-0.3, -0.25) is 0 Å². The summed E-state index contributed by atoms with van der Waals surface area (Å²) in [5.41, 5.74) is 1.49. The Balaban J connectivity index is 2.40. The Hall–Kier alpha value is -1.84. The topological polar surface area (TPSA) is 63.3 Å². The number of hydrogen-bond acceptors (Lipinski definition) is 3. The van der Waals surface area contributed by atoms with Crippen LogP contribution in [0.2, 0.25) is 0 Å². The van der Waals surface area contributed by atoms with Gasteiger partial charge in [-0.05, 0) is 24.6 Å². The Morgan fingerprint density at radius 2 is 2.29 bits per heavy atom. The second-order valence-corrected chi connectivity index (χ2v) is 4.23. The molecule has 0 aliphatic carbocycles. The quantitative estimate of drug-likeness (QED) is 0.878. The van der Waals surface area contributed by atoms with E-state index in [0.717, 1.165) is 12.8 Å². The normalized spacial score (nSPS) is 12.8. The smallest absolute Gasteiger partial charge is 0.335 e. The highest BCUT2D eigenvalue weighted by atomic mass is 16.4. The van der Waals surface area contributed by atoms with Crippen molar-refractivity contribution in [2.24, 2.45) is 0 Å². The summed E-state index contributed by atoms with van der Waals surface area (Å²) in [6, 6.07) is 4.75. The monoisotopic (exact) mass is 233 g/mol. The second-order valence-electron chi connectivity index (χ2n) is 4.23. The molecule has 2 rings (SSSR count). The van der Waals surface area contributed by atoms with Gasteiger partial charge in [0.05, 0.1) is 5.56 Å². The molecule has 0 saturated carbocycles. The van der Waals surface area contributed by atoms with E-state index >= 15 is 0 Å². The molecule has 0 spiro atoms. The Labute approximate surface area is 99.3 Å². The van der Waals surface area contributed by atoms with Gasteiger partial charge < -0.3 is 9.52 Å². The SMILES string of the molecule is CCCC(C)c1nc2ccc(C(=O)O)cc2o1. The van der Waals surface area contributed by atoms with E-state index < -0.39 is 5.97 Å². The van der Waals surface area contributed by atoms with Crippen molar-refractivity contribution >= 4 is 17.1 Å². The number of carboxylic acid groups (broad SMARTS) is 1. The van der Waals surface area contributed by atoms with Gasteiger partial charge in [0.15, 0.2) is 11.5 Å². The van der Waals surface area contributed by atoms with E-state index in [9.17, 15) is 4.79 Å². The van der Waals surface area contributed by atoms with Crippen molar-refractivity contribution in [1.82, 2.24) is 4.98 Å². The highest BCUT2D eigenvalue weighted by Crippen LogP contribution is 2.25. The lowest BCUT2D eigenvalue weighted by Crippen LogP contribution is -1.94. The molecule has 90 valence electrons. The molecule has 4 heteroatoms. The van der Waals surface area contributed by atoms with Crippen LogP contribution in [0.5, 0.6) is 0 Å². The zero-order valence-electron chi connectivity index (χ0n) is 9.93. The zero-order chi connectivity index (χ0) is 12.4. The van der Waals surface area contributed by atoms with E-state index in [4.69, 9.17) is 9.52 Å². The number of aromatic carboxylic acids is 1. The Bertz CT molecular complexity index is 545. The molecule has 0 saturated heterocycles. The molecule has 0 fully saturated rings. The molecule has 1 heterocycles. The van der Waals surface area contributed by atoms with E-state index in [-0.39, 0.29) is 11.5 Å². The molecule has 0 bridgehead atoms. The fraction of sp³-hybridized carbons (Fsp3) is 0.385. The molecule has 0 amide bonds. The number of fused-ring (bicyclic) bond motifs is 1. The number of carbonyl (C=O) groups is 1. The van der Waals surface area contributed by atoms with E-state index in [1.165, 1.54) is 6.07 Å². The van der Waals surface area contributed by atoms with Gasteiger partial charge in [0, 0.05) is 5.92 Å². The van der Waals surface area contributed by atoms with Crippen LogP contribution in [-0.2, 0) is 0 Å². The first-order valence-electron chi connectivity index (χ1n) is 5.75. The molecule has 4 nitrogen and oxygen atoms in total. The van der Waals surface area contributed by atoms with Crippen LogP contribution in [0.4, 0.5) is 0 Å². The lowest BCUT2D eigenvalue weighted by atomic mass is 10.1. The molecular formula is C13H15NO3. The maximum absolute atomic E-state index is 10.8. The minimum Gasteiger partial charge on any atom is -0.478 e. The number of aromatic nitrogens is 1. The summed E-state index contributed by atoms with van der Waals surface area (Å²) in [5, 5.41) is 8.88. The molecule has 2 aromatic rings. The van der Waals surface area contributed by atoms with Crippen LogP contribution < -0.4 is 0 Å². The minimum absolute atomic E-state index is 0.225. The van der Waals surface area contributed by atoms with Crippen molar-refractivity contribution in [3.05, 3.63) is 29.7 Å². The van der Waals surface area contributed by atoms with E-state index in [0.29, 0.717) is 17.0 Å². The highest BCUT2D eigenvalue weighted by Gasteiger charge is 2.14. The third kappa shape index (κ3) is 2.30. The van der Waals surface area contributed by atoms with Crippen molar-refractivity contribution in [2.45, 2.75) is 32.6 Å². The van der Waals surface area contributed by atoms with Crippen LogP contribution in [0.15, 0.2) is 22.6 Å². The Morgan fingerprint density at radius 1 is 1.53 bits per heavy atom. The molecule has 0 aliphatic rings. The number of nitrogens with zero attached hydrogens (tertiary/aromatic N) is 1. The Kier molecular flexibility index (Phi) is 3.13. The lowest BCUT2D eigenvalue weighted by molar-refractivity contribution is 0.0697. The lowest BCUT2D eigenvalue weighted by Gasteiger charge is -2.02. The average Bonchev–Trinajstić information content (AvgIpc) is 2.71. The van der Waals surface area contributed by atoms with Gasteiger partial charge in [0.25, 0.3) is 0 Å². The third-order valence-electron chi connectivity index (χ3n) is 2.80. The van der Waals surface area contributed by atoms with Crippen molar-refractivity contribution in [3.63, 3.8) is 0 Å². The number of hydrogen-bond donors (Lipinski definition) is 1. The number of oxazole rings is 1. The fourth-order valence-electron chi connectivity index (χ4n) is 1.84. The van der Waals surface area contributed by atoms with Crippen LogP contribution in [0.1, 0.15) is 48.9 Å². The zero-order valence-corrected chi connectivity index (χ0v) is 9.93. The van der Waals surface area contributed by atoms with Crippen molar-refractivity contribution in [1.29, 1.82) is 0 Å². The number of rotatable bonds is 4. The highest BCUT2D eigenvalue weighted by molar-refractivity contribution is 5.91.